The minimum Gasteiger partial charge on any atom is -0.311 e. The fraction of sp³-hybridized carbons (Fsp3) is 0.154. The van der Waals surface area contributed by atoms with Crippen LogP contribution in [0.1, 0.15) is 73.5 Å². The molecule has 1 nitrogen and oxygen atoms in total. The Labute approximate surface area is 315 Å². The summed E-state index contributed by atoms with van der Waals surface area (Å²) in [5.74, 6) is 0.428. The molecule has 53 heavy (non-hydrogen) atoms. The molecule has 1 aliphatic carbocycles. The minimum absolute atomic E-state index is 0.00107. The van der Waals surface area contributed by atoms with Gasteiger partial charge in [0.05, 0.1) is 0 Å². The van der Waals surface area contributed by atoms with Gasteiger partial charge in [-0.3, -0.25) is 0 Å². The lowest BCUT2D eigenvalue weighted by atomic mass is 9.83. The second-order valence-corrected chi connectivity index (χ2v) is 15.1. The van der Waals surface area contributed by atoms with Crippen LogP contribution in [0.5, 0.6) is 0 Å². The average Bonchev–Trinajstić information content (AvgIpc) is 3.94. The average molecular weight is 686 g/mol. The molecule has 0 spiro atoms. The summed E-state index contributed by atoms with van der Waals surface area (Å²) in [6.45, 7) is 10.8. The molecule has 0 aromatic heterocycles. The smallest absolute Gasteiger partial charge is 0.0462 e. The first kappa shape index (κ1) is 34.2. The summed E-state index contributed by atoms with van der Waals surface area (Å²) in [5.41, 5.74) is 18.8. The van der Waals surface area contributed by atoms with Crippen molar-refractivity contribution in [1.82, 2.24) is 0 Å². The summed E-state index contributed by atoms with van der Waals surface area (Å²) >= 11 is 0. The van der Waals surface area contributed by atoms with E-state index in [1.807, 2.05) is 0 Å². The third-order valence-electron chi connectivity index (χ3n) is 11.1. The van der Waals surface area contributed by atoms with E-state index in [-0.39, 0.29) is 5.41 Å². The first-order valence-corrected chi connectivity index (χ1v) is 18.8. The van der Waals surface area contributed by atoms with E-state index in [0.29, 0.717) is 5.92 Å². The molecule has 7 aromatic carbocycles. The Kier molecular flexibility index (Phi) is 9.19. The Morgan fingerprint density at radius 2 is 0.774 bits per heavy atom. The molecule has 0 radical (unpaired) electrons. The highest BCUT2D eigenvalue weighted by atomic mass is 15.1. The van der Waals surface area contributed by atoms with Crippen LogP contribution in [-0.4, -0.2) is 0 Å². The van der Waals surface area contributed by atoms with Crippen LogP contribution in [-0.2, 0) is 5.41 Å². The number of aryl methyl sites for hydroxylation is 5. The van der Waals surface area contributed by atoms with E-state index >= 15 is 0 Å². The van der Waals surface area contributed by atoms with Gasteiger partial charge in [0.2, 0.25) is 0 Å². The zero-order valence-electron chi connectivity index (χ0n) is 31.5. The van der Waals surface area contributed by atoms with Gasteiger partial charge >= 0.3 is 0 Å². The number of anilines is 3. The molecule has 0 N–H and O–H groups in total. The first-order valence-electron chi connectivity index (χ1n) is 18.8. The lowest BCUT2D eigenvalue weighted by molar-refractivity contribution is 0.802. The molecule has 1 unspecified atom stereocenters. The largest absolute Gasteiger partial charge is 0.311 e. The van der Waals surface area contributed by atoms with Crippen molar-refractivity contribution in [2.75, 3.05) is 4.90 Å². The highest BCUT2D eigenvalue weighted by molar-refractivity contribution is 5.92. The number of rotatable bonds is 9. The summed E-state index contributed by atoms with van der Waals surface area (Å²) in [7, 11) is 0. The van der Waals surface area contributed by atoms with Crippen molar-refractivity contribution in [3.63, 3.8) is 0 Å². The van der Waals surface area contributed by atoms with Crippen LogP contribution in [0.2, 0.25) is 0 Å². The van der Waals surface area contributed by atoms with Gasteiger partial charge in [0, 0.05) is 22.5 Å². The minimum atomic E-state index is -0.00107. The van der Waals surface area contributed by atoms with Crippen molar-refractivity contribution >= 4 is 28.7 Å². The molecular formula is C52H47N. The van der Waals surface area contributed by atoms with Crippen LogP contribution in [0.15, 0.2) is 170 Å². The van der Waals surface area contributed by atoms with Crippen LogP contribution in [0.3, 0.4) is 0 Å². The molecule has 0 aliphatic heterocycles. The van der Waals surface area contributed by atoms with Crippen molar-refractivity contribution in [1.29, 1.82) is 0 Å². The number of hydrogen-bond acceptors (Lipinski definition) is 1. The van der Waals surface area contributed by atoms with Gasteiger partial charge in [0.25, 0.3) is 0 Å². The molecule has 0 amide bonds. The van der Waals surface area contributed by atoms with E-state index in [1.54, 1.807) is 0 Å². The van der Waals surface area contributed by atoms with Gasteiger partial charge in [-0.1, -0.05) is 161 Å². The summed E-state index contributed by atoms with van der Waals surface area (Å²) in [5, 5.41) is 0. The van der Waals surface area contributed by atoms with Gasteiger partial charge in [-0.05, 0) is 128 Å². The normalized spacial score (nSPS) is 14.4. The summed E-state index contributed by atoms with van der Waals surface area (Å²) in [6.07, 6.45) is 3.43. The first-order chi connectivity index (χ1) is 25.8. The Bertz CT molecular complexity index is 2250. The molecule has 8 rings (SSSR count). The van der Waals surface area contributed by atoms with Gasteiger partial charge < -0.3 is 4.90 Å². The van der Waals surface area contributed by atoms with E-state index in [1.165, 1.54) is 66.8 Å². The van der Waals surface area contributed by atoms with Crippen LogP contribution < -0.4 is 4.90 Å². The van der Waals surface area contributed by atoms with E-state index in [2.05, 4.69) is 215 Å². The Balaban J connectivity index is 1.13. The maximum absolute atomic E-state index is 2.37. The van der Waals surface area contributed by atoms with Crippen molar-refractivity contribution in [2.24, 2.45) is 0 Å². The van der Waals surface area contributed by atoms with Crippen molar-refractivity contribution in [3.8, 4) is 0 Å². The maximum atomic E-state index is 2.37. The van der Waals surface area contributed by atoms with Crippen LogP contribution in [0, 0.1) is 34.6 Å². The molecule has 0 heterocycles. The Morgan fingerprint density at radius 3 is 1.19 bits per heavy atom. The second-order valence-electron chi connectivity index (χ2n) is 15.1. The van der Waals surface area contributed by atoms with E-state index in [9.17, 15) is 0 Å². The van der Waals surface area contributed by atoms with E-state index in [0.717, 1.165) is 23.5 Å². The fourth-order valence-corrected chi connectivity index (χ4v) is 7.85. The molecule has 1 aliphatic rings. The molecular weight excluding hydrogens is 639 g/mol. The third kappa shape index (κ3) is 7.00. The molecule has 7 aromatic rings. The van der Waals surface area contributed by atoms with Gasteiger partial charge in [0.15, 0.2) is 0 Å². The highest BCUT2D eigenvalue weighted by Crippen LogP contribution is 2.64. The lowest BCUT2D eigenvalue weighted by Crippen LogP contribution is -2.12. The number of nitrogens with zero attached hydrogens (tertiary/aromatic N) is 1. The summed E-state index contributed by atoms with van der Waals surface area (Å²) < 4.78 is 0. The van der Waals surface area contributed by atoms with Crippen LogP contribution in [0.25, 0.3) is 11.6 Å². The zero-order chi connectivity index (χ0) is 36.5. The highest BCUT2D eigenvalue weighted by Gasteiger charge is 2.56. The van der Waals surface area contributed by atoms with Gasteiger partial charge in [-0.25, -0.2) is 0 Å². The molecule has 1 atom stereocenters. The molecule has 1 fully saturated rings. The van der Waals surface area contributed by atoms with E-state index in [4.69, 9.17) is 0 Å². The van der Waals surface area contributed by atoms with Gasteiger partial charge in [0.1, 0.15) is 0 Å². The predicted molar refractivity (Wildman–Crippen MR) is 226 cm³/mol. The predicted octanol–water partition coefficient (Wildman–Crippen LogP) is 13.8. The Morgan fingerprint density at radius 1 is 0.434 bits per heavy atom. The monoisotopic (exact) mass is 685 g/mol. The van der Waals surface area contributed by atoms with Crippen molar-refractivity contribution < 1.29 is 0 Å². The molecule has 0 bridgehead atoms. The van der Waals surface area contributed by atoms with Gasteiger partial charge in [-0.2, -0.15) is 0 Å². The van der Waals surface area contributed by atoms with Crippen LogP contribution in [0.4, 0.5) is 17.1 Å². The second kappa shape index (κ2) is 14.2. The van der Waals surface area contributed by atoms with Gasteiger partial charge in [-0.15, -0.1) is 0 Å². The molecule has 1 saturated carbocycles. The standard InChI is InChI=1S/C52H47N/c1-36-6-18-42(19-7-36)50(43-20-8-37(2)9-21-43)34-41-16-30-48(31-17-41)53(47-28-14-40(5)15-29-47)49-32-22-44(23-33-49)51-35-52(51,45-24-10-38(3)11-25-45)46-26-12-39(4)13-27-46/h6-34,51H,35H2,1-5H3. The van der Waals surface area contributed by atoms with Crippen molar-refractivity contribution in [2.45, 2.75) is 52.4 Å². The maximum Gasteiger partial charge on any atom is 0.0462 e. The SMILES string of the molecule is Cc1ccc(C(=Cc2ccc(N(c3ccc(C)cc3)c3ccc(C4CC4(c4ccc(C)cc4)c4ccc(C)cc4)cc3)cc2)c2ccc(C)cc2)cc1. The molecule has 260 valence electrons. The van der Waals surface area contributed by atoms with E-state index < -0.39 is 0 Å². The molecule has 0 saturated heterocycles. The fourth-order valence-electron chi connectivity index (χ4n) is 7.85. The third-order valence-corrected chi connectivity index (χ3v) is 11.1. The number of benzene rings is 7. The summed E-state index contributed by atoms with van der Waals surface area (Å²) in [6, 6.07) is 63.3. The van der Waals surface area contributed by atoms with Crippen LogP contribution >= 0.6 is 0 Å². The Hall–Kier alpha value is -5.92. The van der Waals surface area contributed by atoms with Crippen molar-refractivity contribution in [3.05, 3.63) is 231 Å². The lowest BCUT2D eigenvalue weighted by Gasteiger charge is -2.26. The summed E-state index contributed by atoms with van der Waals surface area (Å²) in [4.78, 5) is 2.37. The topological polar surface area (TPSA) is 3.24 Å². The quantitative estimate of drug-likeness (QED) is 0.137. The number of hydrogen-bond donors (Lipinski definition) is 0. The zero-order valence-corrected chi connectivity index (χ0v) is 31.5. The molecule has 1 heteroatoms.